The molecular formula is C15H19N3O2S. The average Bonchev–Trinajstić information content (AvgIpc) is 2.77. The molecule has 1 atom stereocenters. The van der Waals surface area contributed by atoms with Crippen molar-refractivity contribution >= 4 is 22.4 Å². The van der Waals surface area contributed by atoms with Crippen molar-refractivity contribution in [1.82, 2.24) is 10.3 Å². The molecule has 112 valence electrons. The molecule has 21 heavy (non-hydrogen) atoms. The molecule has 0 aliphatic carbocycles. The van der Waals surface area contributed by atoms with E-state index < -0.39 is 0 Å². The zero-order valence-corrected chi connectivity index (χ0v) is 12.9. The number of aromatic nitrogens is 1. The van der Waals surface area contributed by atoms with Crippen LogP contribution < -0.4 is 11.1 Å². The van der Waals surface area contributed by atoms with Crippen molar-refractivity contribution < 1.29 is 9.90 Å². The second-order valence-electron chi connectivity index (χ2n) is 5.05. The van der Waals surface area contributed by atoms with Crippen LogP contribution in [0.2, 0.25) is 0 Å². The number of hydrogen-bond donors (Lipinski definition) is 3. The van der Waals surface area contributed by atoms with Crippen molar-refractivity contribution in [3.8, 4) is 5.75 Å². The van der Waals surface area contributed by atoms with Crippen molar-refractivity contribution in [3.05, 3.63) is 40.4 Å². The molecule has 0 aliphatic heterocycles. The smallest absolute Gasteiger partial charge is 0.263 e. The third-order valence-electron chi connectivity index (χ3n) is 3.20. The van der Waals surface area contributed by atoms with Gasteiger partial charge in [0.25, 0.3) is 5.91 Å². The second kappa shape index (κ2) is 6.58. The van der Waals surface area contributed by atoms with Gasteiger partial charge in [-0.15, -0.1) is 0 Å². The van der Waals surface area contributed by atoms with Gasteiger partial charge >= 0.3 is 0 Å². The predicted octanol–water partition coefficient (Wildman–Crippen LogP) is 2.49. The summed E-state index contributed by atoms with van der Waals surface area (Å²) >= 11 is 1.21. The Bertz CT molecular complexity index is 622. The van der Waals surface area contributed by atoms with Gasteiger partial charge in [0.1, 0.15) is 10.6 Å². The minimum absolute atomic E-state index is 0.0500. The van der Waals surface area contributed by atoms with Crippen LogP contribution in [0.4, 0.5) is 5.13 Å². The fraction of sp³-hybridized carbons (Fsp3) is 0.333. The Morgan fingerprint density at radius 1 is 1.43 bits per heavy atom. The van der Waals surface area contributed by atoms with Gasteiger partial charge in [0.05, 0.1) is 5.69 Å². The molecule has 5 nitrogen and oxygen atoms in total. The van der Waals surface area contributed by atoms with Crippen LogP contribution in [-0.4, -0.2) is 22.0 Å². The number of carbonyl (C=O) groups excluding carboxylic acids is 1. The third-order valence-corrected chi connectivity index (χ3v) is 4.18. The summed E-state index contributed by atoms with van der Waals surface area (Å²) in [5.41, 5.74) is 7.40. The highest BCUT2D eigenvalue weighted by atomic mass is 32.1. The molecule has 1 unspecified atom stereocenters. The SMILES string of the molecule is Cc1nc(N)sc1C(=O)NC(C)CCc1ccc(O)cc1. The van der Waals surface area contributed by atoms with E-state index >= 15 is 0 Å². The largest absolute Gasteiger partial charge is 0.508 e. The van der Waals surface area contributed by atoms with Gasteiger partial charge in [-0.05, 0) is 44.4 Å². The molecule has 4 N–H and O–H groups in total. The van der Waals surface area contributed by atoms with Crippen molar-refractivity contribution in [1.29, 1.82) is 0 Å². The lowest BCUT2D eigenvalue weighted by molar-refractivity contribution is 0.0942. The summed E-state index contributed by atoms with van der Waals surface area (Å²) in [5.74, 6) is 0.137. The van der Waals surface area contributed by atoms with E-state index in [1.54, 1.807) is 19.1 Å². The fourth-order valence-electron chi connectivity index (χ4n) is 2.04. The molecule has 0 aliphatic rings. The summed E-state index contributed by atoms with van der Waals surface area (Å²) < 4.78 is 0. The van der Waals surface area contributed by atoms with Gasteiger partial charge in [0.2, 0.25) is 0 Å². The number of hydrogen-bond acceptors (Lipinski definition) is 5. The molecule has 0 fully saturated rings. The summed E-state index contributed by atoms with van der Waals surface area (Å²) in [4.78, 5) is 16.7. The predicted molar refractivity (Wildman–Crippen MR) is 84.6 cm³/mol. The molecule has 0 saturated heterocycles. The van der Waals surface area contributed by atoms with Crippen LogP contribution in [0.3, 0.4) is 0 Å². The molecular weight excluding hydrogens is 286 g/mol. The quantitative estimate of drug-likeness (QED) is 0.792. The number of phenols is 1. The van der Waals surface area contributed by atoms with E-state index in [2.05, 4.69) is 10.3 Å². The lowest BCUT2D eigenvalue weighted by atomic mass is 10.1. The van der Waals surface area contributed by atoms with Crippen molar-refractivity contribution in [2.24, 2.45) is 0 Å². The number of nitrogens with one attached hydrogen (secondary N) is 1. The Labute approximate surface area is 127 Å². The number of thiazole rings is 1. The van der Waals surface area contributed by atoms with E-state index in [1.165, 1.54) is 11.3 Å². The van der Waals surface area contributed by atoms with Crippen LogP contribution in [0.25, 0.3) is 0 Å². The average molecular weight is 305 g/mol. The topological polar surface area (TPSA) is 88.2 Å². The zero-order valence-electron chi connectivity index (χ0n) is 12.1. The Balaban J connectivity index is 1.86. The molecule has 0 radical (unpaired) electrons. The number of benzene rings is 1. The van der Waals surface area contributed by atoms with Gasteiger partial charge < -0.3 is 16.2 Å². The van der Waals surface area contributed by atoms with Crippen molar-refractivity contribution in [2.75, 3.05) is 5.73 Å². The van der Waals surface area contributed by atoms with Crippen molar-refractivity contribution in [3.63, 3.8) is 0 Å². The maximum atomic E-state index is 12.1. The first-order valence-corrected chi connectivity index (χ1v) is 7.59. The van der Waals surface area contributed by atoms with E-state index in [1.807, 2.05) is 19.1 Å². The minimum Gasteiger partial charge on any atom is -0.508 e. The Morgan fingerprint density at radius 2 is 2.10 bits per heavy atom. The molecule has 2 rings (SSSR count). The highest BCUT2D eigenvalue weighted by molar-refractivity contribution is 7.17. The van der Waals surface area contributed by atoms with E-state index in [4.69, 9.17) is 5.73 Å². The molecule has 1 aromatic carbocycles. The molecule has 0 spiro atoms. The van der Waals surface area contributed by atoms with Gasteiger partial charge in [0.15, 0.2) is 5.13 Å². The van der Waals surface area contributed by atoms with E-state index in [0.29, 0.717) is 15.7 Å². The summed E-state index contributed by atoms with van der Waals surface area (Å²) in [7, 11) is 0. The van der Waals surface area contributed by atoms with Gasteiger partial charge in [0, 0.05) is 6.04 Å². The Morgan fingerprint density at radius 3 is 2.67 bits per heavy atom. The van der Waals surface area contributed by atoms with Gasteiger partial charge in [-0.2, -0.15) is 0 Å². The number of aromatic hydroxyl groups is 1. The lowest BCUT2D eigenvalue weighted by Crippen LogP contribution is -2.32. The Kier molecular flexibility index (Phi) is 4.80. The maximum Gasteiger partial charge on any atom is 0.263 e. The first-order valence-electron chi connectivity index (χ1n) is 6.77. The van der Waals surface area contributed by atoms with Crippen LogP contribution >= 0.6 is 11.3 Å². The summed E-state index contributed by atoms with van der Waals surface area (Å²) in [6, 6.07) is 7.16. The van der Waals surface area contributed by atoms with E-state index in [9.17, 15) is 9.90 Å². The second-order valence-corrected chi connectivity index (χ2v) is 6.08. The number of nitrogens with zero attached hydrogens (tertiary/aromatic N) is 1. The summed E-state index contributed by atoms with van der Waals surface area (Å²) in [6.07, 6.45) is 1.66. The molecule has 0 bridgehead atoms. The number of aryl methyl sites for hydroxylation is 2. The number of amides is 1. The van der Waals surface area contributed by atoms with E-state index in [-0.39, 0.29) is 17.7 Å². The first kappa shape index (κ1) is 15.3. The number of rotatable bonds is 5. The van der Waals surface area contributed by atoms with Crippen molar-refractivity contribution in [2.45, 2.75) is 32.7 Å². The van der Waals surface area contributed by atoms with Gasteiger partial charge in [-0.3, -0.25) is 4.79 Å². The maximum absolute atomic E-state index is 12.1. The Hall–Kier alpha value is -2.08. The molecule has 2 aromatic rings. The highest BCUT2D eigenvalue weighted by Crippen LogP contribution is 2.19. The van der Waals surface area contributed by atoms with Gasteiger partial charge in [-0.25, -0.2) is 4.98 Å². The monoisotopic (exact) mass is 305 g/mol. The standard InChI is InChI=1S/C15H19N3O2S/c1-9(3-4-11-5-7-12(19)8-6-11)17-14(20)13-10(2)18-15(16)21-13/h5-9,19H,3-4H2,1-2H3,(H2,16,18)(H,17,20). The normalized spacial score (nSPS) is 12.1. The number of nitrogen functional groups attached to an aromatic ring is 1. The molecule has 6 heteroatoms. The lowest BCUT2D eigenvalue weighted by Gasteiger charge is -2.13. The highest BCUT2D eigenvalue weighted by Gasteiger charge is 2.16. The van der Waals surface area contributed by atoms with Crippen LogP contribution in [0, 0.1) is 6.92 Å². The van der Waals surface area contributed by atoms with Gasteiger partial charge in [-0.1, -0.05) is 23.5 Å². The van der Waals surface area contributed by atoms with Crippen LogP contribution in [0.15, 0.2) is 24.3 Å². The minimum atomic E-state index is -0.125. The fourth-order valence-corrected chi connectivity index (χ4v) is 2.77. The van der Waals surface area contributed by atoms with Crippen LogP contribution in [0.1, 0.15) is 34.3 Å². The van der Waals surface area contributed by atoms with Crippen LogP contribution in [-0.2, 0) is 6.42 Å². The van der Waals surface area contributed by atoms with Crippen LogP contribution in [0.5, 0.6) is 5.75 Å². The molecule has 1 heterocycles. The zero-order chi connectivity index (χ0) is 15.4. The number of carbonyl (C=O) groups is 1. The number of anilines is 1. The molecule has 0 saturated carbocycles. The molecule has 1 amide bonds. The summed E-state index contributed by atoms with van der Waals surface area (Å²) in [5, 5.41) is 12.6. The molecule has 1 aromatic heterocycles. The summed E-state index contributed by atoms with van der Waals surface area (Å²) in [6.45, 7) is 3.75. The first-order chi connectivity index (χ1) is 9.95. The number of nitrogens with two attached hydrogens (primary N) is 1. The number of phenolic OH excluding ortho intramolecular Hbond substituents is 1. The third kappa shape index (κ3) is 4.19. The van der Waals surface area contributed by atoms with E-state index in [0.717, 1.165) is 18.4 Å².